The molecule has 2 fully saturated rings. The number of carboxylic acids is 2. The topological polar surface area (TPSA) is 119 Å². The van der Waals surface area contributed by atoms with E-state index in [1.807, 2.05) is 11.0 Å². The number of likely N-dealkylation sites (tertiary alicyclic amines) is 1. The molecule has 1 saturated heterocycles. The van der Waals surface area contributed by atoms with Crippen molar-refractivity contribution in [1.29, 1.82) is 0 Å². The van der Waals surface area contributed by atoms with Crippen LogP contribution >= 0.6 is 11.8 Å². The fraction of sp³-hybridized carbons (Fsp3) is 0.407. The number of hydrogen-bond donors (Lipinski definition) is 3. The molecule has 1 aromatic carbocycles. The Bertz CT molecular complexity index is 1320. The molecular weight excluding hydrogens is 592 g/mol. The number of allylic oxidation sites excluding steroid dienone is 1. The predicted molar refractivity (Wildman–Crippen MR) is 141 cm³/mol. The zero-order valence-corrected chi connectivity index (χ0v) is 22.5. The van der Waals surface area contributed by atoms with Gasteiger partial charge in [0.15, 0.2) is 0 Å². The van der Waals surface area contributed by atoms with Crippen molar-refractivity contribution >= 4 is 34.8 Å². The van der Waals surface area contributed by atoms with E-state index in [1.165, 1.54) is 0 Å². The summed E-state index contributed by atoms with van der Waals surface area (Å²) in [4.78, 5) is 37.3. The summed E-state index contributed by atoms with van der Waals surface area (Å²) < 4.78 is 79.1. The van der Waals surface area contributed by atoms with Gasteiger partial charge in [-0.15, -0.1) is 6.42 Å². The molecule has 1 unspecified atom stereocenters. The molecule has 2 heterocycles. The van der Waals surface area contributed by atoms with Crippen LogP contribution in [0.15, 0.2) is 46.3 Å². The van der Waals surface area contributed by atoms with Gasteiger partial charge in [0.2, 0.25) is 0 Å². The fourth-order valence-corrected chi connectivity index (χ4v) is 5.95. The minimum absolute atomic E-state index is 0.0527. The van der Waals surface area contributed by atoms with E-state index >= 15 is 0 Å². The summed E-state index contributed by atoms with van der Waals surface area (Å²) in [6.07, 6.45) is 0.307. The van der Waals surface area contributed by atoms with E-state index in [0.29, 0.717) is 37.1 Å². The summed E-state index contributed by atoms with van der Waals surface area (Å²) >= 11 is 1.04. The van der Waals surface area contributed by atoms with E-state index in [1.54, 1.807) is 0 Å². The lowest BCUT2D eigenvalue weighted by molar-refractivity contribution is -0.143. The lowest BCUT2D eigenvalue weighted by Gasteiger charge is -2.22. The van der Waals surface area contributed by atoms with Crippen molar-refractivity contribution in [3.63, 3.8) is 0 Å². The van der Waals surface area contributed by atoms with Gasteiger partial charge in [-0.05, 0) is 60.1 Å². The molecule has 3 aliphatic rings. The normalized spacial score (nSPS) is 23.4. The first-order chi connectivity index (χ1) is 19.6. The average molecular weight is 618 g/mol. The molecule has 226 valence electrons. The molecule has 1 amide bonds. The van der Waals surface area contributed by atoms with Gasteiger partial charge >= 0.3 is 29.5 Å². The molecule has 8 nitrogen and oxygen atoms in total. The molecule has 3 atom stereocenters. The van der Waals surface area contributed by atoms with Crippen molar-refractivity contribution in [3.05, 3.63) is 58.0 Å². The lowest BCUT2D eigenvalue weighted by Crippen LogP contribution is -2.24. The number of carbonyl (C=O) groups excluding carboxylic acids is 1. The van der Waals surface area contributed by atoms with E-state index in [9.17, 15) is 40.7 Å². The van der Waals surface area contributed by atoms with E-state index in [-0.39, 0.29) is 47.7 Å². The van der Waals surface area contributed by atoms with E-state index in [0.717, 1.165) is 35.6 Å². The highest BCUT2D eigenvalue weighted by Crippen LogP contribution is 2.45. The number of aliphatic carboxylic acids is 2. The third-order valence-electron chi connectivity index (χ3n) is 6.75. The van der Waals surface area contributed by atoms with Crippen LogP contribution in [0.4, 0.5) is 31.1 Å². The van der Waals surface area contributed by atoms with Crippen LogP contribution in [0.5, 0.6) is 0 Å². The first-order valence-corrected chi connectivity index (χ1v) is 13.2. The van der Waals surface area contributed by atoms with Gasteiger partial charge in [-0.25, -0.2) is 9.59 Å². The van der Waals surface area contributed by atoms with Gasteiger partial charge in [-0.2, -0.15) is 31.3 Å². The summed E-state index contributed by atoms with van der Waals surface area (Å²) in [5.41, 5.74) is -2.70. The highest BCUT2D eigenvalue weighted by Gasteiger charge is 2.42. The maximum Gasteiger partial charge on any atom is 0.416 e. The van der Waals surface area contributed by atoms with Crippen LogP contribution in [0.25, 0.3) is 0 Å². The standard InChI is InChI=1S/C23H21F6N3OS.C4H4O4/c1-2-5-30-20-19(34-21(33)31-20)8-13-6-15-11-32(12-16(15)7-13)10-14-3-4-17(22(24,25)26)9-18(14)23(27,28)29;5-3(6)1-2-4(7)8/h1,3-4,8-9,13,15-16H,5-7,10-12H2,(H,30,31,33);1-2H,(H,5,6)(H,7,8)/t13?,15-,16+;. The van der Waals surface area contributed by atoms with Crippen molar-refractivity contribution in [2.75, 3.05) is 19.6 Å². The monoisotopic (exact) mass is 617 g/mol. The number of thioether (sulfide) groups is 1. The Balaban J connectivity index is 0.000000531. The number of rotatable bonds is 6. The van der Waals surface area contributed by atoms with Gasteiger partial charge in [-0.1, -0.05) is 18.1 Å². The maximum atomic E-state index is 13.5. The Kier molecular flexibility index (Phi) is 10.5. The number of terminal acetylenes is 1. The van der Waals surface area contributed by atoms with Crippen LogP contribution in [-0.4, -0.2) is 57.8 Å². The number of benzene rings is 1. The zero-order valence-electron chi connectivity index (χ0n) is 21.7. The molecule has 0 spiro atoms. The van der Waals surface area contributed by atoms with Crippen molar-refractivity contribution in [2.45, 2.75) is 31.7 Å². The SMILES string of the molecule is C#CCNC1=NC(=O)SC1=CC1C[C@@H]2CN(Cc3ccc(C(F)(F)F)cc3C(F)(F)F)C[C@@H]2C1.O=C(O)C=CC(=O)O. The molecule has 1 aliphatic carbocycles. The number of nitrogens with zero attached hydrogens (tertiary/aromatic N) is 2. The highest BCUT2D eigenvalue weighted by molar-refractivity contribution is 8.18. The quantitative estimate of drug-likeness (QED) is 0.225. The summed E-state index contributed by atoms with van der Waals surface area (Å²) in [6.45, 7) is 1.34. The molecule has 0 radical (unpaired) electrons. The van der Waals surface area contributed by atoms with Crippen molar-refractivity contribution in [2.24, 2.45) is 22.7 Å². The number of amidine groups is 1. The molecular formula is C27H25F6N3O5S. The number of fused-ring (bicyclic) bond motifs is 1. The van der Waals surface area contributed by atoms with E-state index in [2.05, 4.69) is 16.2 Å². The largest absolute Gasteiger partial charge is 0.478 e. The van der Waals surface area contributed by atoms with E-state index < -0.39 is 35.4 Å². The Hall–Kier alpha value is -3.77. The molecule has 1 aromatic rings. The highest BCUT2D eigenvalue weighted by atomic mass is 32.2. The minimum atomic E-state index is -4.87. The van der Waals surface area contributed by atoms with Gasteiger partial charge in [-0.3, -0.25) is 9.69 Å². The van der Waals surface area contributed by atoms with Crippen molar-refractivity contribution in [1.82, 2.24) is 10.2 Å². The number of carboxylic acid groups (broad SMARTS) is 2. The summed E-state index contributed by atoms with van der Waals surface area (Å²) in [5.74, 6) is 1.13. The Labute approximate surface area is 240 Å². The second-order valence-electron chi connectivity index (χ2n) is 9.74. The predicted octanol–water partition coefficient (Wildman–Crippen LogP) is 5.27. The maximum absolute atomic E-state index is 13.5. The van der Waals surface area contributed by atoms with Crippen LogP contribution in [0.3, 0.4) is 0 Å². The Morgan fingerprint density at radius 3 is 2.17 bits per heavy atom. The lowest BCUT2D eigenvalue weighted by atomic mass is 10.0. The number of carbonyl (C=O) groups is 3. The summed E-state index contributed by atoms with van der Waals surface area (Å²) in [5, 5.41) is 18.2. The van der Waals surface area contributed by atoms with Gasteiger partial charge in [0.1, 0.15) is 5.84 Å². The molecule has 2 aliphatic heterocycles. The van der Waals surface area contributed by atoms with E-state index in [4.69, 9.17) is 16.6 Å². The first kappa shape index (κ1) is 32.7. The van der Waals surface area contributed by atoms with Gasteiger partial charge < -0.3 is 15.5 Å². The number of amides is 1. The smallest absolute Gasteiger partial charge is 0.416 e. The second kappa shape index (κ2) is 13.5. The second-order valence-corrected chi connectivity index (χ2v) is 10.7. The molecule has 0 bridgehead atoms. The summed E-state index contributed by atoms with van der Waals surface area (Å²) in [7, 11) is 0. The van der Waals surface area contributed by atoms with Crippen LogP contribution in [-0.2, 0) is 28.5 Å². The minimum Gasteiger partial charge on any atom is -0.478 e. The number of halogens is 6. The first-order valence-electron chi connectivity index (χ1n) is 12.4. The molecule has 0 aromatic heterocycles. The van der Waals surface area contributed by atoms with Gasteiger partial charge in [0.05, 0.1) is 22.6 Å². The fourth-order valence-electron chi connectivity index (χ4n) is 5.15. The number of hydrogen-bond acceptors (Lipinski definition) is 6. The average Bonchev–Trinajstić information content (AvgIpc) is 3.53. The Morgan fingerprint density at radius 1 is 1.07 bits per heavy atom. The van der Waals surface area contributed by atoms with Crippen molar-refractivity contribution in [3.8, 4) is 12.3 Å². The van der Waals surface area contributed by atoms with Crippen LogP contribution in [0.1, 0.15) is 29.5 Å². The third kappa shape index (κ3) is 9.12. The zero-order chi connectivity index (χ0) is 31.2. The van der Waals surface area contributed by atoms with Crippen molar-refractivity contribution < 1.29 is 50.9 Å². The molecule has 3 N–H and O–H groups in total. The molecule has 4 rings (SSSR count). The van der Waals surface area contributed by atoms with Gasteiger partial charge in [0, 0.05) is 31.8 Å². The molecule has 15 heteroatoms. The van der Waals surface area contributed by atoms with Crippen LogP contribution in [0, 0.1) is 30.1 Å². The van der Waals surface area contributed by atoms with Crippen LogP contribution in [0.2, 0.25) is 0 Å². The number of nitrogens with one attached hydrogen (secondary N) is 1. The number of aliphatic imine (C=N–C) groups is 1. The molecule has 42 heavy (non-hydrogen) atoms. The van der Waals surface area contributed by atoms with Crippen LogP contribution < -0.4 is 5.32 Å². The summed E-state index contributed by atoms with van der Waals surface area (Å²) in [6, 6.07) is 1.84. The van der Waals surface area contributed by atoms with Gasteiger partial charge in [0.25, 0.3) is 0 Å². The Morgan fingerprint density at radius 2 is 1.67 bits per heavy atom. The number of alkyl halides is 6. The molecule has 1 saturated carbocycles. The third-order valence-corrected chi connectivity index (χ3v) is 7.56.